The molecule has 5 heterocycles. The summed E-state index contributed by atoms with van der Waals surface area (Å²) < 4.78 is 2.97. The van der Waals surface area contributed by atoms with Crippen molar-refractivity contribution in [2.45, 2.75) is 155 Å². The Morgan fingerprint density at radius 2 is 0.940 bits per heavy atom. The quantitative estimate of drug-likeness (QED) is 0.0733. The van der Waals surface area contributed by atoms with Crippen LogP contribution in [-0.2, 0) is 86.7 Å². The lowest BCUT2D eigenvalue weighted by Gasteiger charge is -2.44. The van der Waals surface area contributed by atoms with Gasteiger partial charge in [0.25, 0.3) is 0 Å². The lowest BCUT2D eigenvalue weighted by atomic mass is 9.84. The third-order valence-corrected chi connectivity index (χ3v) is 19.1. The number of hydrogen-bond acceptors (Lipinski definition) is 18. The molecule has 2 fully saturated rings. The minimum Gasteiger partial charge on any atom is -0.480 e. The van der Waals surface area contributed by atoms with Gasteiger partial charge in [0.1, 0.15) is 42.3 Å². The minimum absolute atomic E-state index is 0.000533. The Hall–Kier alpha value is -9.58. The van der Waals surface area contributed by atoms with Crippen molar-refractivity contribution < 1.29 is 58.2 Å². The first kappa shape index (κ1) is 74.6. The number of fused-ring (bicyclic) bond motifs is 10. The molecule has 0 radical (unpaired) electrons. The van der Waals surface area contributed by atoms with E-state index in [4.69, 9.17) is 0 Å². The Morgan fingerprint density at radius 1 is 0.520 bits per heavy atom. The molecule has 9 N–H and O–H groups in total. The van der Waals surface area contributed by atoms with Crippen molar-refractivity contribution in [3.63, 3.8) is 0 Å². The Bertz CT molecular complexity index is 3720. The highest BCUT2D eigenvalue weighted by Crippen LogP contribution is 2.29. The maximum Gasteiger partial charge on any atom is 0.326 e. The summed E-state index contributed by atoms with van der Waals surface area (Å²) in [6, 6.07) is 15.9. The van der Waals surface area contributed by atoms with Crippen LogP contribution in [0.25, 0.3) is 21.5 Å². The third kappa shape index (κ3) is 19.0. The zero-order valence-corrected chi connectivity index (χ0v) is 58.6. The molecule has 3 aliphatic heterocycles. The molecule has 4 aromatic carbocycles. The van der Waals surface area contributed by atoms with Gasteiger partial charge in [0, 0.05) is 96.4 Å². The molecule has 0 saturated carbocycles. The van der Waals surface area contributed by atoms with Crippen molar-refractivity contribution in [1.82, 2.24) is 86.8 Å². The highest BCUT2D eigenvalue weighted by atomic mass is 16.4. The standard InChI is InChI=1S/C71H95N17O12/c1-42(72-9)61(90)77-59(70(3,4)5)66(95)87-29-25-83-23-27-85-39-52(80-82-85)37-55(69(99)100)76-64(93)53(34-45-20-22-47-16-12-14-18-49(47)32-45)74-65(94)57-41-84(26-30-88(57)67(96)60(71(6,7)8)78-62(91)43(2)73-10)24-28-86-38-51(79-81-86)36-54(68(97)98)75-63(92)50(35-58(89)56(87)40-83)33-44-19-21-46-15-11-13-17-48(46)31-44/h11-22,31-32,38-39,42-43,50,53-57,59-60,72-73H,23-30,33-37,40-41H2,1-10H3,(H,74,94)(H,75,92)(H,76,93)(H,77,90)(H,78,91)(H,97,98)(H,99,100)/t42-,43-,50+,53-,54-,55-,56-,57-,59+,60+/m0/s1. The molecular formula is C71H95N17O12. The van der Waals surface area contributed by atoms with E-state index in [1.807, 2.05) is 116 Å². The summed E-state index contributed by atoms with van der Waals surface area (Å²) in [7, 11) is 3.23. The number of Topliss-reactive ketones (excluding diaryl/α,β-unsaturated/α-hetero) is 1. The van der Waals surface area contributed by atoms with Crippen LogP contribution in [0.4, 0.5) is 0 Å². The molecule has 6 aromatic rings. The zero-order valence-electron chi connectivity index (χ0n) is 58.6. The van der Waals surface area contributed by atoms with Gasteiger partial charge in [-0.3, -0.25) is 57.5 Å². The van der Waals surface area contributed by atoms with Gasteiger partial charge in [-0.25, -0.2) is 9.59 Å². The fraction of sp³-hybridized carbons (Fsp3) is 0.521. The van der Waals surface area contributed by atoms with Crippen LogP contribution in [0.3, 0.4) is 0 Å². The fourth-order valence-electron chi connectivity index (χ4n) is 12.9. The van der Waals surface area contributed by atoms with Crippen LogP contribution in [-0.4, -0.2) is 240 Å². The van der Waals surface area contributed by atoms with Crippen molar-refractivity contribution in [3.8, 4) is 0 Å². The summed E-state index contributed by atoms with van der Waals surface area (Å²) in [6.07, 6.45) is 1.88. The van der Waals surface area contributed by atoms with Crippen LogP contribution in [0.2, 0.25) is 0 Å². The first-order valence-corrected chi connectivity index (χ1v) is 34.1. The monoisotopic (exact) mass is 1380 g/mol. The highest BCUT2D eigenvalue weighted by molar-refractivity contribution is 5.98. The molecule has 2 unspecified atom stereocenters. The topological polar surface area (TPSA) is 370 Å². The molecule has 2 saturated heterocycles. The number of amides is 7. The number of benzene rings is 4. The molecule has 3 aliphatic rings. The van der Waals surface area contributed by atoms with E-state index in [1.165, 1.54) is 25.4 Å². The lowest BCUT2D eigenvalue weighted by molar-refractivity contribution is -0.149. The second-order valence-corrected chi connectivity index (χ2v) is 28.7. The first-order chi connectivity index (χ1) is 47.5. The van der Waals surface area contributed by atoms with Crippen LogP contribution in [0.15, 0.2) is 97.3 Å². The zero-order chi connectivity index (χ0) is 72.3. The van der Waals surface area contributed by atoms with Crippen molar-refractivity contribution >= 4 is 80.6 Å². The van der Waals surface area contributed by atoms with Crippen LogP contribution >= 0.6 is 0 Å². The Balaban J connectivity index is 1.07. The van der Waals surface area contributed by atoms with E-state index in [1.54, 1.807) is 54.9 Å². The number of carboxylic acids is 2. The molecule has 29 nitrogen and oxygen atoms in total. The number of aliphatic carboxylic acids is 2. The molecule has 9 rings (SSSR count). The number of ketones is 1. The average Bonchev–Trinajstić information content (AvgIpc) is 0.916. The fourth-order valence-corrected chi connectivity index (χ4v) is 12.9. The van der Waals surface area contributed by atoms with E-state index < -0.39 is 137 Å². The van der Waals surface area contributed by atoms with Gasteiger partial charge in [-0.15, -0.1) is 10.2 Å². The summed E-state index contributed by atoms with van der Waals surface area (Å²) in [4.78, 5) is 151. The van der Waals surface area contributed by atoms with Gasteiger partial charge in [0.2, 0.25) is 41.4 Å². The van der Waals surface area contributed by atoms with Crippen LogP contribution in [0.1, 0.15) is 84.3 Å². The average molecular weight is 1380 g/mol. The second kappa shape index (κ2) is 32.6. The van der Waals surface area contributed by atoms with E-state index in [-0.39, 0.29) is 103 Å². The van der Waals surface area contributed by atoms with Crippen molar-refractivity contribution in [1.29, 1.82) is 0 Å². The summed E-state index contributed by atoms with van der Waals surface area (Å²) in [5, 5.41) is 62.3. The number of carbonyl (C=O) groups is 10. The summed E-state index contributed by atoms with van der Waals surface area (Å²) in [5.74, 6) is -8.70. The number of carbonyl (C=O) groups excluding carboxylic acids is 8. The number of nitrogens with one attached hydrogen (secondary N) is 7. The van der Waals surface area contributed by atoms with Crippen molar-refractivity contribution in [2.75, 3.05) is 66.5 Å². The van der Waals surface area contributed by atoms with Gasteiger partial charge >= 0.3 is 11.9 Å². The van der Waals surface area contributed by atoms with Crippen LogP contribution in [0.5, 0.6) is 0 Å². The van der Waals surface area contributed by atoms with E-state index in [2.05, 4.69) is 57.8 Å². The minimum atomic E-state index is -1.59. The number of rotatable bonds is 14. The number of aromatic nitrogens is 6. The second-order valence-electron chi connectivity index (χ2n) is 28.7. The van der Waals surface area contributed by atoms with Gasteiger partial charge in [0.05, 0.1) is 36.6 Å². The molecule has 0 aliphatic carbocycles. The van der Waals surface area contributed by atoms with Gasteiger partial charge in [-0.1, -0.05) is 137 Å². The van der Waals surface area contributed by atoms with E-state index in [0.29, 0.717) is 11.1 Å². The number of piperazine rings is 2. The first-order valence-electron chi connectivity index (χ1n) is 34.1. The molecular weight excluding hydrogens is 1280 g/mol. The highest BCUT2D eigenvalue weighted by Gasteiger charge is 2.46. The molecule has 100 heavy (non-hydrogen) atoms. The Morgan fingerprint density at radius 3 is 1.39 bits per heavy atom. The van der Waals surface area contributed by atoms with E-state index >= 15 is 19.2 Å². The normalized spacial score (nSPS) is 23.2. The van der Waals surface area contributed by atoms with E-state index in [0.717, 1.165) is 21.5 Å². The van der Waals surface area contributed by atoms with Crippen LogP contribution in [0, 0.1) is 16.7 Å². The van der Waals surface area contributed by atoms with Crippen LogP contribution < -0.4 is 37.2 Å². The molecule has 8 bridgehead atoms. The van der Waals surface area contributed by atoms with Gasteiger partial charge in [-0.2, -0.15) is 0 Å². The molecule has 7 amide bonds. The Labute approximate surface area is 581 Å². The maximum absolute atomic E-state index is 15.4. The molecule has 2 aromatic heterocycles. The number of nitrogens with zero attached hydrogens (tertiary/aromatic N) is 10. The number of hydrogen-bond donors (Lipinski definition) is 9. The Kier molecular flexibility index (Phi) is 24.3. The maximum atomic E-state index is 15.4. The molecule has 0 spiro atoms. The third-order valence-electron chi connectivity index (χ3n) is 19.1. The smallest absolute Gasteiger partial charge is 0.326 e. The summed E-state index contributed by atoms with van der Waals surface area (Å²) >= 11 is 0. The van der Waals surface area contributed by atoms with Gasteiger partial charge < -0.3 is 57.2 Å². The summed E-state index contributed by atoms with van der Waals surface area (Å²) in [5.41, 5.74) is 0.0109. The van der Waals surface area contributed by atoms with Gasteiger partial charge in [0.15, 0.2) is 5.78 Å². The molecule has 29 heteroatoms. The van der Waals surface area contributed by atoms with Crippen molar-refractivity contribution in [2.24, 2.45) is 16.7 Å². The number of likely N-dealkylation sites (N-methyl/N-ethyl adjacent to an activating group) is 2. The SMILES string of the molecule is CN[C@@H](C)C(=O)N[C@H](C(=O)N1CCN2CCn3cc(nn3)C[C@@H](C(=O)O)NC(=O)[C@H](Cc3ccc4ccccc4c3)NC(=O)[C@@H]3CN(CCN3C(=O)[C@@H](NC(=O)[C@H](C)NC)C(C)(C)C)CCn3cc(nn3)C[C@@H](C(=O)O)NC(=O)[C@H](Cc3ccc4ccccc4c3)CC(=O)[C@@H]1C2)C(C)(C)C. The number of carboxylic acid groups (broad SMARTS) is 2. The molecule has 12 atom stereocenters. The predicted octanol–water partition coefficient (Wildman–Crippen LogP) is 0.962. The largest absolute Gasteiger partial charge is 0.480 e. The van der Waals surface area contributed by atoms with E-state index in [9.17, 15) is 39.0 Å². The van der Waals surface area contributed by atoms with Gasteiger partial charge in [-0.05, 0) is 77.9 Å². The van der Waals surface area contributed by atoms with Crippen molar-refractivity contribution in [3.05, 3.63) is 120 Å². The lowest BCUT2D eigenvalue weighted by Crippen LogP contribution is -2.67. The summed E-state index contributed by atoms with van der Waals surface area (Å²) in [6.45, 7) is 15.3. The molecule has 536 valence electrons. The predicted molar refractivity (Wildman–Crippen MR) is 371 cm³/mol.